The van der Waals surface area contributed by atoms with E-state index >= 15 is 0 Å². The van der Waals surface area contributed by atoms with Crippen molar-refractivity contribution in [1.29, 1.82) is 0 Å². The van der Waals surface area contributed by atoms with E-state index in [0.29, 0.717) is 11.1 Å². The molecule has 0 bridgehead atoms. The SMILES string of the molecule is O.O.O=C(/C=C/c1cc[nH+]cc1)/C=C/c1cc[nH+]cc1.O=C(/C=C/c1ccc[nH+]c1)/C=C/c1ccc[nH+]c1.O=C(/C=C/c1cccnc1)/C=C/c1cccnc1.O=C(/C=C/c1ccncc1)/C=C/c1ccncc1.O=C(O)CC(=O)CC(=O)O.O=C(O)CC(=O)CC(=O)O.O=Cc1cccnc1.O=Cc1ccncc1.[Cl-].[Cl-].[Cl-].[Cl-].[Na+].[Na+].[OH-].[OH-]. The Kier molecular flexibility index (Phi) is 80.8. The van der Waals surface area contributed by atoms with Gasteiger partial charge in [0.15, 0.2) is 90.6 Å². The maximum atomic E-state index is 11.6. The molecule has 0 fully saturated rings. The summed E-state index contributed by atoms with van der Waals surface area (Å²) < 4.78 is 0. The molecule has 10 heterocycles. The van der Waals surface area contributed by atoms with Gasteiger partial charge >= 0.3 is 83.0 Å². The molecule has 608 valence electrons. The zero-order chi connectivity index (χ0) is 78.5. The largest absolute Gasteiger partial charge is 1.00 e. The van der Waals surface area contributed by atoms with Gasteiger partial charge in [-0.05, 0) is 179 Å². The Labute approximate surface area is 747 Å². The van der Waals surface area contributed by atoms with Crippen molar-refractivity contribution >= 4 is 120 Å². The summed E-state index contributed by atoms with van der Waals surface area (Å²) in [5, 5.41) is 31.9. The molecule has 36 heteroatoms. The van der Waals surface area contributed by atoms with Gasteiger partial charge in [0, 0.05) is 133 Å². The number of carbonyl (C=O) groups excluding carboxylic acids is 8. The minimum Gasteiger partial charge on any atom is -1.00 e. The van der Waals surface area contributed by atoms with Gasteiger partial charge in [0.1, 0.15) is 32.0 Å². The molecule has 0 spiro atoms. The number of Topliss-reactive ketones (excluding diaryl/α,β-unsaturated/α-hetero) is 2. The van der Waals surface area contributed by atoms with Gasteiger partial charge in [0.2, 0.25) is 0 Å². The molecule has 0 unspecified atom stereocenters. The quantitative estimate of drug-likeness (QED) is 0.0169. The first-order valence-corrected chi connectivity index (χ1v) is 31.9. The number of halogens is 4. The molecule has 0 aliphatic rings. The van der Waals surface area contributed by atoms with Gasteiger partial charge < -0.3 is 92.0 Å². The minimum atomic E-state index is -1.30. The number of aromatic nitrogens is 10. The number of ketones is 6. The number of H-pyrrole nitrogens is 4. The van der Waals surface area contributed by atoms with Crippen molar-refractivity contribution in [1.82, 2.24) is 29.9 Å². The number of carboxylic acids is 4. The maximum Gasteiger partial charge on any atom is 1.00 e. The molecule has 0 radical (unpaired) electrons. The summed E-state index contributed by atoms with van der Waals surface area (Å²) in [4.78, 5) is 161. The van der Waals surface area contributed by atoms with Gasteiger partial charge in [-0.25, -0.2) is 19.9 Å². The van der Waals surface area contributed by atoms with Crippen LogP contribution in [0.1, 0.15) is 90.9 Å². The Balaban J connectivity index is -0.000000197. The number of aldehydes is 2. The van der Waals surface area contributed by atoms with Gasteiger partial charge in [-0.3, -0.25) is 87.4 Å². The van der Waals surface area contributed by atoms with Crippen molar-refractivity contribution in [2.45, 2.75) is 25.7 Å². The van der Waals surface area contributed by atoms with E-state index in [-0.39, 0.29) is 154 Å². The fourth-order valence-electron chi connectivity index (χ4n) is 7.28. The first-order valence-electron chi connectivity index (χ1n) is 31.9. The van der Waals surface area contributed by atoms with Gasteiger partial charge in [-0.1, -0.05) is 36.4 Å². The molecule has 0 saturated heterocycles. The summed E-state index contributed by atoms with van der Waals surface area (Å²) in [6.07, 6.45) is 59.6. The summed E-state index contributed by atoms with van der Waals surface area (Å²) >= 11 is 0. The number of carbonyl (C=O) groups is 12. The van der Waals surface area contributed by atoms with E-state index in [1.54, 1.807) is 165 Å². The molecule has 30 nitrogen and oxygen atoms in total. The van der Waals surface area contributed by atoms with Gasteiger partial charge in [0.25, 0.3) is 0 Å². The second kappa shape index (κ2) is 78.5. The topological polar surface area (TPSA) is 543 Å². The summed E-state index contributed by atoms with van der Waals surface area (Å²) in [6, 6.07) is 36.8. The van der Waals surface area contributed by atoms with Crippen LogP contribution in [0.5, 0.6) is 0 Å². The number of aromatic amines is 4. The molecule has 0 atom stereocenters. The van der Waals surface area contributed by atoms with E-state index in [9.17, 15) is 57.5 Å². The molecule has 10 rings (SSSR count). The number of allylic oxidation sites excluding steroid dienone is 8. The maximum absolute atomic E-state index is 11.6. The van der Waals surface area contributed by atoms with E-state index in [1.807, 2.05) is 147 Å². The second-order valence-electron chi connectivity index (χ2n) is 20.9. The van der Waals surface area contributed by atoms with Crippen molar-refractivity contribution in [3.05, 3.63) is 350 Å². The third-order valence-corrected chi connectivity index (χ3v) is 12.3. The molecule has 0 amide bonds. The summed E-state index contributed by atoms with van der Waals surface area (Å²) in [6.45, 7) is 0. The predicted molar refractivity (Wildman–Crippen MR) is 411 cm³/mol. The standard InChI is InChI=1S/4C15H12N2O.2C6H5NO.2C5H6O5.4ClH.2Na.4H2O/c2*18-15(3-1-13-5-9-16-10-6-13)4-2-14-7-11-17-12-8-14;2*18-15(7-5-13-3-1-9-16-11-13)8-6-14-4-2-10-17-12-14;8-5-6-1-3-7-4-2-6;8-5-6-2-1-3-7-4-6;2*6-3(1-4(7)8)2-5(9)10;;;;;;;;;;/h4*1-12H;2*1-5H;2*1-2H2,(H,7,8)(H,9,10);4*1H;;;4*1H2/q;;;;;;;;;;;;2*+1;;;;/p-2/b2*3-1+,4-2+;2*7-5+,8-6+;;;;;;;;;;;;;;. The van der Waals surface area contributed by atoms with Crippen LogP contribution in [0, 0.1) is 0 Å². The molecule has 0 saturated carbocycles. The first-order chi connectivity index (χ1) is 52.3. The van der Waals surface area contributed by atoms with E-state index in [1.165, 1.54) is 30.5 Å². The molecular formula is C82H80Cl4N10Na2O20. The number of hydrogen-bond acceptors (Lipinski definition) is 20. The molecule has 0 aliphatic heterocycles. The van der Waals surface area contributed by atoms with Crippen molar-refractivity contribution in [2.75, 3.05) is 0 Å². The van der Waals surface area contributed by atoms with Crippen molar-refractivity contribution < 1.29 is 229 Å². The second-order valence-corrected chi connectivity index (χ2v) is 20.9. The van der Waals surface area contributed by atoms with Gasteiger partial charge in [-0.15, -0.1) is 0 Å². The van der Waals surface area contributed by atoms with Crippen LogP contribution in [0.2, 0.25) is 0 Å². The molecule has 118 heavy (non-hydrogen) atoms. The molecule has 10 aromatic heterocycles. The van der Waals surface area contributed by atoms with E-state index < -0.39 is 61.1 Å². The Hall–Kier alpha value is -12.3. The first kappa shape index (κ1) is 121. The number of aliphatic carboxylic acids is 4. The van der Waals surface area contributed by atoms with Crippen LogP contribution in [0.15, 0.2) is 294 Å². The average Bonchev–Trinajstić information content (AvgIpc) is 0.937. The van der Waals surface area contributed by atoms with Crippen molar-refractivity contribution in [2.24, 2.45) is 0 Å². The predicted octanol–water partition coefficient (Wildman–Crippen LogP) is -10.4. The third-order valence-electron chi connectivity index (χ3n) is 12.3. The molecule has 0 aromatic carbocycles. The Morgan fingerprint density at radius 2 is 0.500 bits per heavy atom. The number of nitrogens with one attached hydrogen (secondary N) is 4. The number of hydrogen-bond donors (Lipinski definition) is 4. The molecule has 14 N–H and O–H groups in total. The fourth-order valence-corrected chi connectivity index (χ4v) is 7.28. The minimum absolute atomic E-state index is 0. The molecular weight excluding hydrogens is 1630 g/mol. The van der Waals surface area contributed by atoms with Crippen LogP contribution in [0.25, 0.3) is 48.6 Å². The monoisotopic (exact) mass is 1710 g/mol. The number of carboxylic acid groups (broad SMARTS) is 4. The average molecular weight is 1710 g/mol. The number of nitrogens with zero attached hydrogens (tertiary/aromatic N) is 6. The van der Waals surface area contributed by atoms with Crippen LogP contribution in [0.4, 0.5) is 0 Å². The van der Waals surface area contributed by atoms with E-state index in [0.717, 1.165) is 57.1 Å². The van der Waals surface area contributed by atoms with Gasteiger partial charge in [0.05, 0.1) is 0 Å². The fraction of sp³-hybridized carbons (Fsp3) is 0.0488. The van der Waals surface area contributed by atoms with Crippen LogP contribution in [-0.2, 0) is 47.9 Å². The third kappa shape index (κ3) is 67.0. The normalized spacial score (nSPS) is 9.42. The summed E-state index contributed by atoms with van der Waals surface area (Å²) in [7, 11) is 0. The Morgan fingerprint density at radius 3 is 0.712 bits per heavy atom. The van der Waals surface area contributed by atoms with E-state index in [2.05, 4.69) is 49.8 Å². The summed E-state index contributed by atoms with van der Waals surface area (Å²) in [5.41, 5.74) is 8.91. The Morgan fingerprint density at radius 1 is 0.271 bits per heavy atom. The van der Waals surface area contributed by atoms with Crippen LogP contribution >= 0.6 is 0 Å². The van der Waals surface area contributed by atoms with E-state index in [4.69, 9.17) is 20.4 Å². The van der Waals surface area contributed by atoms with Crippen LogP contribution < -0.4 is 129 Å². The molecule has 10 aromatic rings. The van der Waals surface area contributed by atoms with Crippen LogP contribution in [-0.4, -0.2) is 143 Å². The Bertz CT molecular complexity index is 3930. The zero-order valence-corrected chi connectivity index (χ0v) is 70.1. The number of rotatable bonds is 26. The van der Waals surface area contributed by atoms with Gasteiger partial charge in [-0.2, -0.15) is 0 Å². The smallest absolute Gasteiger partial charge is 1.00 e. The zero-order valence-electron chi connectivity index (χ0n) is 63.1. The van der Waals surface area contributed by atoms with Crippen LogP contribution in [0.3, 0.4) is 0 Å². The number of pyridine rings is 10. The summed E-state index contributed by atoms with van der Waals surface area (Å²) in [5.74, 6) is -6.97. The molecule has 0 aliphatic carbocycles. The van der Waals surface area contributed by atoms with Crippen molar-refractivity contribution in [3.8, 4) is 0 Å². The van der Waals surface area contributed by atoms with Crippen molar-refractivity contribution in [3.63, 3.8) is 0 Å².